The van der Waals surface area contributed by atoms with Crippen LogP contribution in [0.1, 0.15) is 20.7 Å². The predicted molar refractivity (Wildman–Crippen MR) is 135 cm³/mol. The first-order valence-electron chi connectivity index (χ1n) is 8.73. The highest BCUT2D eigenvalue weighted by Crippen LogP contribution is 2.44. The first kappa shape index (κ1) is 22.1. The Morgan fingerprint density at radius 2 is 1.50 bits per heavy atom. The van der Waals surface area contributed by atoms with Gasteiger partial charge in [0.15, 0.2) is 5.82 Å². The SMILES string of the molecule is O=C1c2c(Cl)c(Cl)c(Cl)c(Cl)c2C(=O)N1n1c(-c2cccs2)nc2ccc(I)cc2c1=O. The Morgan fingerprint density at radius 3 is 2.06 bits per heavy atom. The summed E-state index contributed by atoms with van der Waals surface area (Å²) in [7, 11) is 0. The van der Waals surface area contributed by atoms with E-state index in [2.05, 4.69) is 27.6 Å². The number of nitrogens with zero attached hydrogens (tertiary/aromatic N) is 3. The first-order valence-corrected chi connectivity index (χ1v) is 12.2. The number of carbonyl (C=O) groups is 2. The van der Waals surface area contributed by atoms with E-state index in [1.165, 1.54) is 11.3 Å². The molecule has 5 rings (SSSR count). The van der Waals surface area contributed by atoms with Gasteiger partial charge in [-0.2, -0.15) is 9.69 Å². The molecule has 2 amide bonds. The third-order valence-electron chi connectivity index (χ3n) is 4.83. The molecule has 12 heteroatoms. The van der Waals surface area contributed by atoms with Gasteiger partial charge in [0.1, 0.15) is 0 Å². The van der Waals surface area contributed by atoms with Crippen LogP contribution in [-0.2, 0) is 0 Å². The lowest BCUT2D eigenvalue weighted by atomic mass is 10.1. The molecule has 160 valence electrons. The molecule has 0 saturated carbocycles. The summed E-state index contributed by atoms with van der Waals surface area (Å²) in [5, 5.41) is 1.96. The van der Waals surface area contributed by atoms with E-state index < -0.39 is 17.4 Å². The van der Waals surface area contributed by atoms with Gasteiger partial charge in [0.2, 0.25) is 0 Å². The molecule has 1 aliphatic heterocycles. The van der Waals surface area contributed by atoms with Gasteiger partial charge in [-0.1, -0.05) is 52.5 Å². The second kappa shape index (κ2) is 7.96. The van der Waals surface area contributed by atoms with Crippen molar-refractivity contribution in [2.75, 3.05) is 5.01 Å². The Morgan fingerprint density at radius 1 is 0.875 bits per heavy atom. The smallest absolute Gasteiger partial charge is 0.267 e. The number of halogens is 5. The Balaban J connectivity index is 1.87. The van der Waals surface area contributed by atoms with Gasteiger partial charge in [-0.15, -0.1) is 11.3 Å². The molecule has 0 aliphatic carbocycles. The van der Waals surface area contributed by atoms with Gasteiger partial charge in [0, 0.05) is 3.57 Å². The van der Waals surface area contributed by atoms with Gasteiger partial charge in [0.05, 0.1) is 47.0 Å². The molecule has 0 unspecified atom stereocenters. The molecule has 0 fully saturated rings. The second-order valence-corrected chi connectivity index (χ2v) is 10.3. The van der Waals surface area contributed by atoms with Gasteiger partial charge in [-0.3, -0.25) is 14.4 Å². The standard InChI is InChI=1S/C20H6Cl4IN3O3S/c21-13-11-12(14(22)16(24)15(13)23)20(31)28(19(11)30)27-17(10-2-1-5-32-10)26-9-4-3-7(25)6-8(9)18(27)29/h1-6H. The molecular formula is C20H6Cl4IN3O3S. The van der Waals surface area contributed by atoms with Crippen LogP contribution in [0.4, 0.5) is 0 Å². The summed E-state index contributed by atoms with van der Waals surface area (Å²) in [6.45, 7) is 0. The maximum atomic E-state index is 13.6. The maximum absolute atomic E-state index is 13.6. The van der Waals surface area contributed by atoms with E-state index in [4.69, 9.17) is 46.4 Å². The van der Waals surface area contributed by atoms with Gasteiger partial charge >= 0.3 is 0 Å². The number of fused-ring (bicyclic) bond motifs is 2. The van der Waals surface area contributed by atoms with Crippen LogP contribution in [0.5, 0.6) is 0 Å². The van der Waals surface area contributed by atoms with Crippen molar-refractivity contribution in [3.8, 4) is 10.7 Å². The van der Waals surface area contributed by atoms with Gasteiger partial charge < -0.3 is 0 Å². The van der Waals surface area contributed by atoms with Crippen LogP contribution < -0.4 is 10.6 Å². The van der Waals surface area contributed by atoms with Crippen LogP contribution in [0.2, 0.25) is 20.1 Å². The molecule has 0 atom stereocenters. The van der Waals surface area contributed by atoms with E-state index in [0.29, 0.717) is 15.4 Å². The molecule has 2 aromatic carbocycles. The van der Waals surface area contributed by atoms with E-state index in [0.717, 1.165) is 8.25 Å². The van der Waals surface area contributed by atoms with Gasteiger partial charge in [0.25, 0.3) is 17.4 Å². The summed E-state index contributed by atoms with van der Waals surface area (Å²) >= 11 is 28.1. The summed E-state index contributed by atoms with van der Waals surface area (Å²) in [5.74, 6) is -1.60. The minimum atomic E-state index is -0.859. The summed E-state index contributed by atoms with van der Waals surface area (Å²) in [6, 6.07) is 8.64. The Labute approximate surface area is 217 Å². The molecule has 0 spiro atoms. The molecule has 32 heavy (non-hydrogen) atoms. The van der Waals surface area contributed by atoms with Crippen LogP contribution in [-0.4, -0.2) is 21.5 Å². The van der Waals surface area contributed by atoms with Crippen molar-refractivity contribution in [3.63, 3.8) is 0 Å². The fourth-order valence-electron chi connectivity index (χ4n) is 3.42. The molecule has 0 saturated heterocycles. The molecule has 4 aromatic rings. The predicted octanol–water partition coefficient (Wildman–Crippen LogP) is 6.28. The minimum Gasteiger partial charge on any atom is -0.267 e. The van der Waals surface area contributed by atoms with Crippen LogP contribution in [0.3, 0.4) is 0 Å². The highest BCUT2D eigenvalue weighted by Gasteiger charge is 2.44. The second-order valence-electron chi connectivity index (χ2n) is 6.62. The number of benzene rings is 2. The lowest BCUT2D eigenvalue weighted by Crippen LogP contribution is -2.47. The molecule has 6 nitrogen and oxygen atoms in total. The van der Waals surface area contributed by atoms with Crippen molar-refractivity contribution in [3.05, 3.63) is 80.9 Å². The minimum absolute atomic E-state index is 0.123. The Hall–Kier alpha value is -1.69. The first-order chi connectivity index (χ1) is 15.2. The summed E-state index contributed by atoms with van der Waals surface area (Å²) in [6.07, 6.45) is 0. The number of imide groups is 1. The van der Waals surface area contributed by atoms with E-state index in [9.17, 15) is 14.4 Å². The molecule has 3 heterocycles. The number of rotatable bonds is 2. The topological polar surface area (TPSA) is 72.3 Å². The zero-order valence-electron chi connectivity index (χ0n) is 15.3. The quantitative estimate of drug-likeness (QED) is 0.112. The fraction of sp³-hybridized carbons (Fsp3) is 0. The Kier molecular flexibility index (Phi) is 5.51. The highest BCUT2D eigenvalue weighted by molar-refractivity contribution is 14.1. The average Bonchev–Trinajstić information content (AvgIpc) is 3.38. The molecule has 0 N–H and O–H groups in total. The summed E-state index contributed by atoms with van der Waals surface area (Å²) < 4.78 is 1.74. The van der Waals surface area contributed by atoms with Crippen LogP contribution in [0.25, 0.3) is 21.6 Å². The third kappa shape index (κ3) is 3.12. The molecule has 1 aliphatic rings. The van der Waals surface area contributed by atoms with E-state index in [1.54, 1.807) is 29.6 Å². The molecule has 2 aromatic heterocycles. The zero-order valence-corrected chi connectivity index (χ0v) is 21.3. The highest BCUT2D eigenvalue weighted by atomic mass is 127. The van der Waals surface area contributed by atoms with E-state index >= 15 is 0 Å². The number of hydrogen-bond donors (Lipinski definition) is 0. The van der Waals surface area contributed by atoms with Crippen molar-refractivity contribution < 1.29 is 9.59 Å². The van der Waals surface area contributed by atoms with Crippen LogP contribution in [0, 0.1) is 3.57 Å². The van der Waals surface area contributed by atoms with Gasteiger partial charge in [-0.25, -0.2) is 4.98 Å². The number of carbonyl (C=O) groups excluding carboxylic acids is 2. The van der Waals surface area contributed by atoms with Crippen molar-refractivity contribution in [2.45, 2.75) is 0 Å². The van der Waals surface area contributed by atoms with Crippen LogP contribution >= 0.6 is 80.3 Å². The van der Waals surface area contributed by atoms with Crippen molar-refractivity contribution in [1.29, 1.82) is 0 Å². The van der Waals surface area contributed by atoms with Gasteiger partial charge in [-0.05, 0) is 52.2 Å². The number of amides is 2. The van der Waals surface area contributed by atoms with E-state index in [1.807, 2.05) is 6.07 Å². The largest absolute Gasteiger partial charge is 0.282 e. The van der Waals surface area contributed by atoms with Crippen molar-refractivity contribution in [2.24, 2.45) is 0 Å². The molecular weight excluding hydrogens is 631 g/mol. The third-order valence-corrected chi connectivity index (χ3v) is 8.17. The van der Waals surface area contributed by atoms with Crippen molar-refractivity contribution in [1.82, 2.24) is 9.66 Å². The average molecular weight is 637 g/mol. The maximum Gasteiger partial charge on any atom is 0.282 e. The number of hydrogen-bond acceptors (Lipinski definition) is 5. The summed E-state index contributed by atoms with van der Waals surface area (Å²) in [5.41, 5.74) is -0.615. The normalized spacial score (nSPS) is 13.3. The zero-order chi connectivity index (χ0) is 22.9. The Bertz CT molecular complexity index is 1510. The van der Waals surface area contributed by atoms with Crippen LogP contribution in [0.15, 0.2) is 40.5 Å². The summed E-state index contributed by atoms with van der Waals surface area (Å²) in [4.78, 5) is 45.5. The fourth-order valence-corrected chi connectivity index (χ4v) is 5.62. The lowest BCUT2D eigenvalue weighted by Gasteiger charge is -2.20. The lowest BCUT2D eigenvalue weighted by molar-refractivity contribution is 0.0885. The number of thiophene rings is 1. The van der Waals surface area contributed by atoms with E-state index in [-0.39, 0.29) is 42.4 Å². The molecule has 0 bridgehead atoms. The monoisotopic (exact) mass is 635 g/mol. The van der Waals surface area contributed by atoms with Crippen molar-refractivity contribution >= 4 is 103 Å². The number of aromatic nitrogens is 2. The molecule has 0 radical (unpaired) electrons.